The Balaban J connectivity index is 1.75. The van der Waals surface area contributed by atoms with Crippen molar-refractivity contribution in [3.05, 3.63) is 0 Å². The van der Waals surface area contributed by atoms with Crippen LogP contribution in [-0.4, -0.2) is 36.5 Å². The molecule has 0 bridgehead atoms. The second-order valence-electron chi connectivity index (χ2n) is 4.24. The molecule has 1 unspecified atom stereocenters. The molecule has 0 saturated carbocycles. The maximum Gasteiger partial charge on any atom is 0.219 e. The van der Waals surface area contributed by atoms with E-state index in [1.54, 1.807) is 6.92 Å². The summed E-state index contributed by atoms with van der Waals surface area (Å²) in [6.07, 6.45) is 3.98. The van der Waals surface area contributed by atoms with Gasteiger partial charge in [0.25, 0.3) is 0 Å². The molecule has 13 heavy (non-hydrogen) atoms. The van der Waals surface area contributed by atoms with Crippen molar-refractivity contribution in [3.63, 3.8) is 0 Å². The first-order valence-corrected chi connectivity index (χ1v) is 5.26. The van der Waals surface area contributed by atoms with Crippen LogP contribution in [0.4, 0.5) is 0 Å². The van der Waals surface area contributed by atoms with Crippen molar-refractivity contribution in [1.82, 2.24) is 10.2 Å². The summed E-state index contributed by atoms with van der Waals surface area (Å²) in [4.78, 5) is 12.9. The van der Waals surface area contributed by atoms with Crippen LogP contribution in [-0.2, 0) is 4.79 Å². The fraction of sp³-hybridized carbons (Fsp3) is 0.900. The standard InChI is InChI=1S/C10H18N2O/c1-8(13)12-6-9(7-12)10-4-2-3-5-11-10/h9-11H,2-7H2,1H3. The van der Waals surface area contributed by atoms with Crippen molar-refractivity contribution in [2.24, 2.45) is 5.92 Å². The number of carbonyl (C=O) groups is 1. The van der Waals surface area contributed by atoms with Gasteiger partial charge in [0, 0.05) is 32.0 Å². The quantitative estimate of drug-likeness (QED) is 0.644. The summed E-state index contributed by atoms with van der Waals surface area (Å²) in [6, 6.07) is 0.685. The number of nitrogens with zero attached hydrogens (tertiary/aromatic N) is 1. The molecule has 2 saturated heterocycles. The maximum absolute atomic E-state index is 11.0. The molecule has 0 spiro atoms. The Morgan fingerprint density at radius 2 is 2.15 bits per heavy atom. The first kappa shape index (κ1) is 9.00. The fourth-order valence-electron chi connectivity index (χ4n) is 2.31. The number of piperidine rings is 1. The highest BCUT2D eigenvalue weighted by atomic mass is 16.2. The summed E-state index contributed by atoms with van der Waals surface area (Å²) >= 11 is 0. The van der Waals surface area contributed by atoms with Gasteiger partial charge in [-0.05, 0) is 19.4 Å². The zero-order valence-electron chi connectivity index (χ0n) is 8.25. The molecule has 0 aromatic rings. The third kappa shape index (κ3) is 1.85. The van der Waals surface area contributed by atoms with Crippen molar-refractivity contribution < 1.29 is 4.79 Å². The zero-order valence-corrected chi connectivity index (χ0v) is 8.25. The fourth-order valence-corrected chi connectivity index (χ4v) is 2.31. The van der Waals surface area contributed by atoms with E-state index in [1.165, 1.54) is 25.8 Å². The molecule has 3 nitrogen and oxygen atoms in total. The zero-order chi connectivity index (χ0) is 9.26. The van der Waals surface area contributed by atoms with Crippen LogP contribution >= 0.6 is 0 Å². The van der Waals surface area contributed by atoms with E-state index in [9.17, 15) is 4.79 Å². The molecule has 74 valence electrons. The van der Waals surface area contributed by atoms with Gasteiger partial charge in [-0.15, -0.1) is 0 Å². The van der Waals surface area contributed by atoms with Gasteiger partial charge in [0.05, 0.1) is 0 Å². The molecule has 0 aromatic carbocycles. The molecule has 0 aromatic heterocycles. The van der Waals surface area contributed by atoms with Gasteiger partial charge >= 0.3 is 0 Å². The summed E-state index contributed by atoms with van der Waals surface area (Å²) in [7, 11) is 0. The molecule has 2 aliphatic heterocycles. The summed E-state index contributed by atoms with van der Waals surface area (Å²) in [5, 5.41) is 3.54. The molecular weight excluding hydrogens is 164 g/mol. The molecule has 2 aliphatic rings. The molecule has 0 aliphatic carbocycles. The Hall–Kier alpha value is -0.570. The van der Waals surface area contributed by atoms with E-state index in [0.29, 0.717) is 6.04 Å². The number of nitrogens with one attached hydrogen (secondary N) is 1. The van der Waals surface area contributed by atoms with Crippen LogP contribution in [0.5, 0.6) is 0 Å². The minimum Gasteiger partial charge on any atom is -0.342 e. The molecule has 2 fully saturated rings. The smallest absolute Gasteiger partial charge is 0.219 e. The monoisotopic (exact) mass is 182 g/mol. The third-order valence-corrected chi connectivity index (χ3v) is 3.27. The Morgan fingerprint density at radius 1 is 1.38 bits per heavy atom. The van der Waals surface area contributed by atoms with E-state index < -0.39 is 0 Å². The predicted octanol–water partition coefficient (Wildman–Crippen LogP) is 0.607. The molecule has 1 atom stereocenters. The highest BCUT2D eigenvalue weighted by Gasteiger charge is 2.34. The number of carbonyl (C=O) groups excluding carboxylic acids is 1. The third-order valence-electron chi connectivity index (χ3n) is 3.27. The molecule has 2 heterocycles. The molecule has 0 radical (unpaired) electrons. The Labute approximate surface area is 79.5 Å². The van der Waals surface area contributed by atoms with E-state index in [4.69, 9.17) is 0 Å². The first-order chi connectivity index (χ1) is 6.27. The van der Waals surface area contributed by atoms with Crippen LogP contribution in [0, 0.1) is 5.92 Å². The largest absolute Gasteiger partial charge is 0.342 e. The van der Waals surface area contributed by atoms with Gasteiger partial charge in [-0.2, -0.15) is 0 Å². The lowest BCUT2D eigenvalue weighted by atomic mass is 9.86. The highest BCUT2D eigenvalue weighted by Crippen LogP contribution is 2.24. The average molecular weight is 182 g/mol. The van der Waals surface area contributed by atoms with Gasteiger partial charge in [-0.3, -0.25) is 4.79 Å². The summed E-state index contributed by atoms with van der Waals surface area (Å²) < 4.78 is 0. The molecule has 1 N–H and O–H groups in total. The minimum atomic E-state index is 0.229. The normalized spacial score (nSPS) is 29.9. The van der Waals surface area contributed by atoms with Crippen LogP contribution in [0.15, 0.2) is 0 Å². The van der Waals surface area contributed by atoms with Crippen LogP contribution in [0.3, 0.4) is 0 Å². The minimum absolute atomic E-state index is 0.229. The van der Waals surface area contributed by atoms with Crippen LogP contribution in [0.25, 0.3) is 0 Å². The Bertz CT molecular complexity index is 193. The first-order valence-electron chi connectivity index (χ1n) is 5.26. The van der Waals surface area contributed by atoms with E-state index in [-0.39, 0.29) is 5.91 Å². The van der Waals surface area contributed by atoms with E-state index in [1.807, 2.05) is 4.90 Å². The second kappa shape index (κ2) is 3.66. The number of hydrogen-bond acceptors (Lipinski definition) is 2. The number of likely N-dealkylation sites (tertiary alicyclic amines) is 1. The number of rotatable bonds is 1. The van der Waals surface area contributed by atoms with Crippen LogP contribution in [0.1, 0.15) is 26.2 Å². The summed E-state index contributed by atoms with van der Waals surface area (Å²) in [5.41, 5.74) is 0. The van der Waals surface area contributed by atoms with Gasteiger partial charge in [0.15, 0.2) is 0 Å². The average Bonchev–Trinajstić information content (AvgIpc) is 2.02. The molecule has 1 amide bonds. The summed E-state index contributed by atoms with van der Waals surface area (Å²) in [6.45, 7) is 4.78. The van der Waals surface area contributed by atoms with Crippen LogP contribution in [0.2, 0.25) is 0 Å². The van der Waals surface area contributed by atoms with E-state index in [0.717, 1.165) is 19.0 Å². The Morgan fingerprint density at radius 3 is 2.69 bits per heavy atom. The lowest BCUT2D eigenvalue weighted by molar-refractivity contribution is -0.135. The van der Waals surface area contributed by atoms with Crippen molar-refractivity contribution in [3.8, 4) is 0 Å². The molecule has 2 rings (SSSR count). The van der Waals surface area contributed by atoms with Gasteiger partial charge < -0.3 is 10.2 Å². The molecular formula is C10H18N2O. The van der Waals surface area contributed by atoms with Crippen molar-refractivity contribution >= 4 is 5.91 Å². The van der Waals surface area contributed by atoms with Gasteiger partial charge in [-0.1, -0.05) is 6.42 Å². The number of hydrogen-bond donors (Lipinski definition) is 1. The SMILES string of the molecule is CC(=O)N1CC(C2CCCCN2)C1. The predicted molar refractivity (Wildman–Crippen MR) is 51.4 cm³/mol. The van der Waals surface area contributed by atoms with Crippen molar-refractivity contribution in [2.75, 3.05) is 19.6 Å². The second-order valence-corrected chi connectivity index (χ2v) is 4.24. The van der Waals surface area contributed by atoms with Gasteiger partial charge in [0.2, 0.25) is 5.91 Å². The molecule has 3 heteroatoms. The Kier molecular flexibility index (Phi) is 2.54. The lowest BCUT2D eigenvalue weighted by Crippen LogP contribution is -2.57. The van der Waals surface area contributed by atoms with E-state index in [2.05, 4.69) is 5.32 Å². The van der Waals surface area contributed by atoms with E-state index >= 15 is 0 Å². The highest BCUT2D eigenvalue weighted by molar-refractivity contribution is 5.74. The lowest BCUT2D eigenvalue weighted by Gasteiger charge is -2.44. The van der Waals surface area contributed by atoms with Gasteiger partial charge in [-0.25, -0.2) is 0 Å². The van der Waals surface area contributed by atoms with Crippen molar-refractivity contribution in [2.45, 2.75) is 32.2 Å². The van der Waals surface area contributed by atoms with Crippen molar-refractivity contribution in [1.29, 1.82) is 0 Å². The maximum atomic E-state index is 11.0. The van der Waals surface area contributed by atoms with Gasteiger partial charge in [0.1, 0.15) is 0 Å². The number of amides is 1. The topological polar surface area (TPSA) is 32.3 Å². The summed E-state index contributed by atoms with van der Waals surface area (Å²) in [5.74, 6) is 0.955. The van der Waals surface area contributed by atoms with Crippen LogP contribution < -0.4 is 5.32 Å².